The molecule has 4 rings (SSSR count). The van der Waals surface area contributed by atoms with E-state index in [4.69, 9.17) is 23.4 Å². The van der Waals surface area contributed by atoms with Gasteiger partial charge >= 0.3 is 11.6 Å². The van der Waals surface area contributed by atoms with Crippen molar-refractivity contribution in [2.45, 2.75) is 46.3 Å². The molecule has 33 heavy (non-hydrogen) atoms. The molecule has 0 spiro atoms. The van der Waals surface area contributed by atoms with Gasteiger partial charge in [-0.1, -0.05) is 22.9 Å². The fourth-order valence-electron chi connectivity index (χ4n) is 3.76. The van der Waals surface area contributed by atoms with Crippen molar-refractivity contribution in [1.82, 2.24) is 0 Å². The largest absolute Gasteiger partial charge is 0.488 e. The second-order valence-corrected chi connectivity index (χ2v) is 8.79. The highest BCUT2D eigenvalue weighted by atomic mass is 79.9. The maximum atomic E-state index is 12.1. The number of carbonyl (C=O) groups excluding carboxylic acids is 1. The first-order valence-corrected chi connectivity index (χ1v) is 11.6. The molecule has 174 valence electrons. The van der Waals surface area contributed by atoms with E-state index in [1.807, 2.05) is 32.0 Å². The van der Waals surface area contributed by atoms with E-state index in [0.29, 0.717) is 31.0 Å². The molecule has 8 heteroatoms. The summed E-state index contributed by atoms with van der Waals surface area (Å²) in [5, 5.41) is 0.805. The molecule has 7 nitrogen and oxygen atoms in total. The van der Waals surface area contributed by atoms with E-state index in [1.165, 1.54) is 6.07 Å². The van der Waals surface area contributed by atoms with E-state index in [0.717, 1.165) is 44.3 Å². The van der Waals surface area contributed by atoms with E-state index < -0.39 is 5.63 Å². The Morgan fingerprint density at radius 1 is 1.15 bits per heavy atom. The fraction of sp³-hybridized carbons (Fsp3) is 0.360. The van der Waals surface area contributed by atoms with E-state index in [-0.39, 0.29) is 25.8 Å². The van der Waals surface area contributed by atoms with Crippen molar-refractivity contribution in [3.63, 3.8) is 0 Å². The van der Waals surface area contributed by atoms with Crippen molar-refractivity contribution in [2.24, 2.45) is 0 Å². The molecule has 1 aliphatic heterocycles. The first-order valence-electron chi connectivity index (χ1n) is 10.8. The Kier molecular flexibility index (Phi) is 7.35. The van der Waals surface area contributed by atoms with Gasteiger partial charge < -0.3 is 23.4 Å². The Bertz CT molecular complexity index is 1230. The lowest BCUT2D eigenvalue weighted by atomic mass is 10.0. The molecular weight excluding hydrogens is 492 g/mol. The number of hydrogen-bond donors (Lipinski definition) is 0. The highest BCUT2D eigenvalue weighted by Crippen LogP contribution is 2.34. The number of aryl methyl sites for hydroxylation is 2. The van der Waals surface area contributed by atoms with Gasteiger partial charge in [0.15, 0.2) is 6.79 Å². The number of esters is 1. The standard InChI is InChI=1S/C25H25BrO7/c1-3-6-30-23(27)5-4-16-10-20-15(2)7-24(28)33-22(20)11-21(16)31-13-18-9-19(26)8-17-12-29-14-32-25(17)18/h7-11H,3-6,12-14H2,1-2H3. The van der Waals surface area contributed by atoms with Crippen LogP contribution >= 0.6 is 15.9 Å². The summed E-state index contributed by atoms with van der Waals surface area (Å²) in [6, 6.07) is 8.98. The van der Waals surface area contributed by atoms with Crippen LogP contribution in [-0.2, 0) is 33.9 Å². The molecule has 0 radical (unpaired) electrons. The van der Waals surface area contributed by atoms with Gasteiger partial charge in [-0.3, -0.25) is 4.79 Å². The molecule has 2 heterocycles. The molecule has 0 bridgehead atoms. The minimum absolute atomic E-state index is 0.188. The summed E-state index contributed by atoms with van der Waals surface area (Å²) in [4.78, 5) is 24.0. The number of carbonyl (C=O) groups is 1. The van der Waals surface area contributed by atoms with E-state index in [9.17, 15) is 9.59 Å². The molecule has 0 unspecified atom stereocenters. The van der Waals surface area contributed by atoms with Gasteiger partial charge in [-0.2, -0.15) is 0 Å². The molecule has 3 aromatic rings. The summed E-state index contributed by atoms with van der Waals surface area (Å²) in [7, 11) is 0. The molecule has 1 aliphatic rings. The van der Waals surface area contributed by atoms with Gasteiger partial charge in [0.05, 0.1) is 13.2 Å². The van der Waals surface area contributed by atoms with Crippen molar-refractivity contribution in [3.05, 3.63) is 67.5 Å². The average Bonchev–Trinajstić information content (AvgIpc) is 2.79. The topological polar surface area (TPSA) is 84.2 Å². The van der Waals surface area contributed by atoms with Crippen LogP contribution in [0.15, 0.2) is 44.0 Å². The van der Waals surface area contributed by atoms with Crippen LogP contribution < -0.4 is 15.1 Å². The molecule has 0 saturated heterocycles. The summed E-state index contributed by atoms with van der Waals surface area (Å²) >= 11 is 3.52. The van der Waals surface area contributed by atoms with Crippen LogP contribution in [0.2, 0.25) is 0 Å². The molecule has 0 amide bonds. The van der Waals surface area contributed by atoms with Gasteiger partial charge in [-0.25, -0.2) is 4.79 Å². The van der Waals surface area contributed by atoms with Crippen LogP contribution in [0, 0.1) is 6.92 Å². The van der Waals surface area contributed by atoms with Gasteiger partial charge in [0, 0.05) is 39.5 Å². The summed E-state index contributed by atoms with van der Waals surface area (Å²) in [5.74, 6) is 1.03. The second-order valence-electron chi connectivity index (χ2n) is 7.88. The van der Waals surface area contributed by atoms with Gasteiger partial charge in [0.1, 0.15) is 23.7 Å². The van der Waals surface area contributed by atoms with Gasteiger partial charge in [-0.05, 0) is 49.1 Å². The first kappa shape index (κ1) is 23.3. The molecule has 0 saturated carbocycles. The third-order valence-electron chi connectivity index (χ3n) is 5.33. The molecule has 2 aromatic carbocycles. The summed E-state index contributed by atoms with van der Waals surface area (Å²) < 4.78 is 28.8. The minimum Gasteiger partial charge on any atom is -0.488 e. The Hall–Kier alpha value is -2.84. The lowest BCUT2D eigenvalue weighted by Gasteiger charge is -2.21. The Morgan fingerprint density at radius 3 is 2.82 bits per heavy atom. The van der Waals surface area contributed by atoms with Crippen molar-refractivity contribution in [1.29, 1.82) is 0 Å². The number of ether oxygens (including phenoxy) is 4. The number of fused-ring (bicyclic) bond motifs is 2. The molecular formula is C25H25BrO7. The van der Waals surface area contributed by atoms with Crippen LogP contribution in [-0.4, -0.2) is 19.4 Å². The predicted molar refractivity (Wildman–Crippen MR) is 126 cm³/mol. The molecule has 0 N–H and O–H groups in total. The fourth-order valence-corrected chi connectivity index (χ4v) is 4.32. The van der Waals surface area contributed by atoms with Crippen LogP contribution in [0.3, 0.4) is 0 Å². The number of rotatable bonds is 8. The smallest absolute Gasteiger partial charge is 0.336 e. The van der Waals surface area contributed by atoms with Crippen LogP contribution in [0.4, 0.5) is 0 Å². The van der Waals surface area contributed by atoms with E-state index in [2.05, 4.69) is 15.9 Å². The van der Waals surface area contributed by atoms with Gasteiger partial charge in [-0.15, -0.1) is 0 Å². The number of benzene rings is 2. The Balaban J connectivity index is 1.64. The normalized spacial score (nSPS) is 12.8. The number of halogens is 1. The predicted octanol–water partition coefficient (Wildman–Crippen LogP) is 5.20. The van der Waals surface area contributed by atoms with Crippen LogP contribution in [0.25, 0.3) is 11.0 Å². The average molecular weight is 517 g/mol. The van der Waals surface area contributed by atoms with Crippen molar-refractivity contribution in [2.75, 3.05) is 13.4 Å². The quantitative estimate of drug-likeness (QED) is 0.300. The summed E-state index contributed by atoms with van der Waals surface area (Å²) in [6.45, 7) is 5.10. The lowest BCUT2D eigenvalue weighted by molar-refractivity contribution is -0.143. The van der Waals surface area contributed by atoms with Gasteiger partial charge in [0.2, 0.25) is 0 Å². The zero-order valence-electron chi connectivity index (χ0n) is 18.6. The van der Waals surface area contributed by atoms with Crippen molar-refractivity contribution in [3.8, 4) is 11.5 Å². The lowest BCUT2D eigenvalue weighted by Crippen LogP contribution is -2.14. The zero-order chi connectivity index (χ0) is 23.4. The van der Waals surface area contributed by atoms with Crippen molar-refractivity contribution < 1.29 is 28.2 Å². The molecule has 0 atom stereocenters. The Morgan fingerprint density at radius 2 is 2.00 bits per heavy atom. The maximum Gasteiger partial charge on any atom is 0.336 e. The highest BCUT2D eigenvalue weighted by Gasteiger charge is 2.18. The minimum atomic E-state index is -0.420. The summed E-state index contributed by atoms with van der Waals surface area (Å²) in [5.41, 5.74) is 3.46. The number of hydrogen-bond acceptors (Lipinski definition) is 7. The maximum absolute atomic E-state index is 12.1. The molecule has 0 aliphatic carbocycles. The van der Waals surface area contributed by atoms with Crippen LogP contribution in [0.1, 0.15) is 42.0 Å². The summed E-state index contributed by atoms with van der Waals surface area (Å²) in [6.07, 6.45) is 1.44. The monoisotopic (exact) mass is 516 g/mol. The SMILES string of the molecule is CCCOC(=O)CCc1cc2c(C)cc(=O)oc2cc1OCc1cc(Br)cc2c1OCOC2. The van der Waals surface area contributed by atoms with Crippen molar-refractivity contribution >= 4 is 32.9 Å². The second kappa shape index (κ2) is 10.4. The van der Waals surface area contributed by atoms with E-state index in [1.54, 1.807) is 6.07 Å². The first-order chi connectivity index (χ1) is 15.9. The Labute approximate surface area is 199 Å². The highest BCUT2D eigenvalue weighted by molar-refractivity contribution is 9.10. The van der Waals surface area contributed by atoms with E-state index >= 15 is 0 Å². The zero-order valence-corrected chi connectivity index (χ0v) is 20.2. The third-order valence-corrected chi connectivity index (χ3v) is 5.79. The third kappa shape index (κ3) is 5.57. The van der Waals surface area contributed by atoms with Crippen LogP contribution in [0.5, 0.6) is 11.5 Å². The molecule has 1 aromatic heterocycles. The van der Waals surface area contributed by atoms with Gasteiger partial charge in [0.25, 0.3) is 0 Å². The molecule has 0 fully saturated rings.